The van der Waals surface area contributed by atoms with Crippen molar-refractivity contribution in [2.75, 3.05) is 7.11 Å². The lowest BCUT2D eigenvalue weighted by Gasteiger charge is -2.27. The topological polar surface area (TPSA) is 58.7 Å². The number of carbonyl (C=O) groups excluding carboxylic acids is 1. The average molecular weight is 321 g/mol. The van der Waals surface area contributed by atoms with E-state index in [0.29, 0.717) is 6.42 Å². The highest BCUT2D eigenvalue weighted by atomic mass is 16.5. The van der Waals surface area contributed by atoms with Gasteiger partial charge in [0.2, 0.25) is 0 Å². The third-order valence-electron chi connectivity index (χ3n) is 4.95. The van der Waals surface area contributed by atoms with Gasteiger partial charge in [0, 0.05) is 22.9 Å². The third kappa shape index (κ3) is 2.39. The molecule has 2 aromatic carbocycles. The van der Waals surface area contributed by atoms with Crippen LogP contribution in [0.2, 0.25) is 0 Å². The number of rotatable bonds is 2. The molecule has 0 unspecified atom stereocenters. The number of methoxy groups -OCH3 is 1. The molecule has 0 radical (unpaired) electrons. The monoisotopic (exact) mass is 321 g/mol. The lowest BCUT2D eigenvalue weighted by molar-refractivity contribution is -0.712. The molecule has 2 heterocycles. The summed E-state index contributed by atoms with van der Waals surface area (Å²) in [5, 5.41) is 3.32. The molecule has 3 N–H and O–H groups in total. The van der Waals surface area contributed by atoms with Crippen LogP contribution < -0.4 is 5.32 Å². The summed E-state index contributed by atoms with van der Waals surface area (Å²) in [7, 11) is 1.46. The number of nitrogens with one attached hydrogen (secondary N) is 1. The highest BCUT2D eigenvalue weighted by Gasteiger charge is 2.38. The summed E-state index contributed by atoms with van der Waals surface area (Å²) >= 11 is 0. The van der Waals surface area contributed by atoms with Crippen molar-refractivity contribution >= 4 is 16.9 Å². The molecule has 0 aliphatic carbocycles. The molecular weight excluding hydrogens is 300 g/mol. The number of aromatic nitrogens is 1. The van der Waals surface area contributed by atoms with Gasteiger partial charge in [-0.3, -0.25) is 0 Å². The Morgan fingerprint density at radius 2 is 1.92 bits per heavy atom. The quantitative estimate of drug-likeness (QED) is 0.711. The number of fused-ring (bicyclic) bond motifs is 3. The molecule has 0 spiro atoms. The van der Waals surface area contributed by atoms with Crippen molar-refractivity contribution in [1.29, 1.82) is 0 Å². The van der Waals surface area contributed by atoms with Crippen molar-refractivity contribution in [3.8, 4) is 0 Å². The van der Waals surface area contributed by atoms with E-state index in [1.54, 1.807) is 0 Å². The second-order valence-electron chi connectivity index (χ2n) is 6.48. The van der Waals surface area contributed by atoms with Gasteiger partial charge in [-0.05, 0) is 18.6 Å². The zero-order chi connectivity index (χ0) is 16.7. The molecule has 4 heteroatoms. The number of para-hydroxylation sites is 1. The summed E-state index contributed by atoms with van der Waals surface area (Å²) in [5.74, 6) is -0.164. The lowest BCUT2D eigenvalue weighted by atomic mass is 9.90. The van der Waals surface area contributed by atoms with Crippen LogP contribution in [0, 0.1) is 6.92 Å². The number of nitrogens with two attached hydrogens (primary N) is 1. The van der Waals surface area contributed by atoms with Gasteiger partial charge in [-0.1, -0.05) is 48.0 Å². The van der Waals surface area contributed by atoms with E-state index in [9.17, 15) is 4.79 Å². The van der Waals surface area contributed by atoms with Gasteiger partial charge in [0.15, 0.2) is 12.1 Å². The SMILES string of the molecule is COC(=O)[C@H]1Cc2c([nH]c3ccccc23)[C@@H](c2ccc(C)cc2)[NH2+]1. The minimum absolute atomic E-state index is 0.0749. The second-order valence-corrected chi connectivity index (χ2v) is 6.48. The van der Waals surface area contributed by atoms with Gasteiger partial charge >= 0.3 is 5.97 Å². The van der Waals surface area contributed by atoms with Crippen LogP contribution >= 0.6 is 0 Å². The molecule has 2 atom stereocenters. The Morgan fingerprint density at radius 3 is 2.67 bits per heavy atom. The molecule has 0 bridgehead atoms. The smallest absolute Gasteiger partial charge is 0.364 e. The zero-order valence-corrected chi connectivity index (χ0v) is 13.9. The van der Waals surface area contributed by atoms with Gasteiger partial charge in [0.1, 0.15) is 0 Å². The fourth-order valence-corrected chi connectivity index (χ4v) is 3.69. The van der Waals surface area contributed by atoms with E-state index in [2.05, 4.69) is 53.6 Å². The van der Waals surface area contributed by atoms with E-state index >= 15 is 0 Å². The number of quaternary nitrogens is 1. The molecule has 1 aromatic heterocycles. The molecule has 0 fully saturated rings. The van der Waals surface area contributed by atoms with E-state index < -0.39 is 0 Å². The second kappa shape index (κ2) is 5.80. The van der Waals surface area contributed by atoms with Crippen molar-refractivity contribution in [3.05, 3.63) is 70.9 Å². The number of hydrogen-bond donors (Lipinski definition) is 2. The van der Waals surface area contributed by atoms with Gasteiger partial charge in [0.05, 0.1) is 12.8 Å². The van der Waals surface area contributed by atoms with Crippen LogP contribution in [0.1, 0.15) is 28.4 Å². The van der Waals surface area contributed by atoms with Crippen LogP contribution in [-0.2, 0) is 16.0 Å². The first-order chi connectivity index (χ1) is 11.7. The molecule has 3 aromatic rings. The van der Waals surface area contributed by atoms with Crippen LogP contribution in [0.4, 0.5) is 0 Å². The summed E-state index contributed by atoms with van der Waals surface area (Å²) in [5.41, 5.74) is 5.98. The van der Waals surface area contributed by atoms with Gasteiger partial charge in [-0.2, -0.15) is 0 Å². The van der Waals surface area contributed by atoms with Gasteiger partial charge in [0.25, 0.3) is 0 Å². The van der Waals surface area contributed by atoms with Crippen LogP contribution in [0.25, 0.3) is 10.9 Å². The Bertz CT molecular complexity index is 896. The molecule has 122 valence electrons. The number of H-pyrrole nitrogens is 1. The fourth-order valence-electron chi connectivity index (χ4n) is 3.69. The summed E-state index contributed by atoms with van der Waals surface area (Å²) in [6, 6.07) is 16.7. The molecule has 4 rings (SSSR count). The van der Waals surface area contributed by atoms with Crippen molar-refractivity contribution in [2.45, 2.75) is 25.4 Å². The molecular formula is C20H21N2O2+. The molecule has 1 aliphatic rings. The summed E-state index contributed by atoms with van der Waals surface area (Å²) < 4.78 is 5.02. The predicted molar refractivity (Wildman–Crippen MR) is 92.8 cm³/mol. The maximum atomic E-state index is 12.2. The Balaban J connectivity index is 1.86. The van der Waals surface area contributed by atoms with Crippen LogP contribution in [0.3, 0.4) is 0 Å². The first kappa shape index (κ1) is 15.0. The largest absolute Gasteiger partial charge is 0.465 e. The summed E-state index contributed by atoms with van der Waals surface area (Å²) in [6.07, 6.45) is 0.689. The Labute approximate surface area is 140 Å². The Morgan fingerprint density at radius 1 is 1.17 bits per heavy atom. The molecule has 0 amide bonds. The van der Waals surface area contributed by atoms with Crippen molar-refractivity contribution in [2.24, 2.45) is 0 Å². The molecule has 1 aliphatic heterocycles. The van der Waals surface area contributed by atoms with Crippen molar-refractivity contribution in [1.82, 2.24) is 4.98 Å². The van der Waals surface area contributed by atoms with E-state index in [1.807, 2.05) is 12.1 Å². The molecule has 4 nitrogen and oxygen atoms in total. The Hall–Kier alpha value is -2.59. The molecule has 24 heavy (non-hydrogen) atoms. The maximum Gasteiger partial charge on any atom is 0.364 e. The highest BCUT2D eigenvalue weighted by Crippen LogP contribution is 2.32. The normalized spacial score (nSPS) is 19.9. The Kier molecular flexibility index (Phi) is 3.62. The number of benzene rings is 2. The van der Waals surface area contributed by atoms with Gasteiger partial charge < -0.3 is 15.0 Å². The van der Waals surface area contributed by atoms with Gasteiger partial charge in [-0.25, -0.2) is 4.79 Å². The van der Waals surface area contributed by atoms with Crippen molar-refractivity contribution < 1.29 is 14.8 Å². The number of carbonyl (C=O) groups is 1. The third-order valence-corrected chi connectivity index (χ3v) is 4.95. The van der Waals surface area contributed by atoms with Crippen molar-refractivity contribution in [3.63, 3.8) is 0 Å². The van der Waals surface area contributed by atoms with E-state index in [-0.39, 0.29) is 18.1 Å². The first-order valence-electron chi connectivity index (χ1n) is 8.26. The van der Waals surface area contributed by atoms with E-state index in [0.717, 1.165) is 5.52 Å². The van der Waals surface area contributed by atoms with Crippen LogP contribution in [0.5, 0.6) is 0 Å². The fraction of sp³-hybridized carbons (Fsp3) is 0.250. The van der Waals surface area contributed by atoms with Crippen LogP contribution in [-0.4, -0.2) is 24.1 Å². The van der Waals surface area contributed by atoms with Crippen LogP contribution in [0.15, 0.2) is 48.5 Å². The number of aryl methyl sites for hydroxylation is 1. The number of esters is 1. The summed E-state index contributed by atoms with van der Waals surface area (Å²) in [4.78, 5) is 15.8. The maximum absolute atomic E-state index is 12.2. The number of ether oxygens (including phenoxy) is 1. The first-order valence-corrected chi connectivity index (χ1v) is 8.26. The predicted octanol–water partition coefficient (Wildman–Crippen LogP) is 2.23. The van der Waals surface area contributed by atoms with Gasteiger partial charge in [-0.15, -0.1) is 0 Å². The molecule has 0 saturated carbocycles. The lowest BCUT2D eigenvalue weighted by Crippen LogP contribution is -2.94. The van der Waals surface area contributed by atoms with E-state index in [4.69, 9.17) is 4.74 Å². The number of aromatic amines is 1. The zero-order valence-electron chi connectivity index (χ0n) is 13.9. The number of hydrogen-bond acceptors (Lipinski definition) is 2. The standard InChI is InChI=1S/C20H20N2O2/c1-12-7-9-13(10-8-12)18-19-15(11-17(22-18)20(23)24-2)14-5-3-4-6-16(14)21-19/h3-10,17-18,21-22H,11H2,1-2H3/p+1/t17-,18-/m1/s1. The van der Waals surface area contributed by atoms with E-state index in [1.165, 1.54) is 34.9 Å². The average Bonchev–Trinajstić information content (AvgIpc) is 2.99. The molecule has 0 saturated heterocycles. The summed E-state index contributed by atoms with van der Waals surface area (Å²) in [6.45, 7) is 2.08. The minimum atomic E-state index is -0.215. The highest BCUT2D eigenvalue weighted by molar-refractivity contribution is 5.86. The minimum Gasteiger partial charge on any atom is -0.465 e.